The van der Waals surface area contributed by atoms with Crippen molar-refractivity contribution in [3.05, 3.63) is 77.9 Å². The lowest BCUT2D eigenvalue weighted by Crippen LogP contribution is -2.39. The maximum atomic E-state index is 12.9. The summed E-state index contributed by atoms with van der Waals surface area (Å²) in [5.74, 6) is -0.118. The third kappa shape index (κ3) is 4.09. The van der Waals surface area contributed by atoms with Crippen molar-refractivity contribution < 1.29 is 9.53 Å². The molecule has 4 heterocycles. The Bertz CT molecular complexity index is 1190. The molecule has 7 nitrogen and oxygen atoms in total. The molecule has 4 aromatic rings. The van der Waals surface area contributed by atoms with Crippen molar-refractivity contribution in [2.75, 3.05) is 13.2 Å². The van der Waals surface area contributed by atoms with E-state index in [0.717, 1.165) is 35.1 Å². The van der Waals surface area contributed by atoms with E-state index in [1.807, 2.05) is 42.3 Å². The number of hydrogen-bond donors (Lipinski definition) is 1. The van der Waals surface area contributed by atoms with Crippen LogP contribution in [0.3, 0.4) is 0 Å². The molecule has 0 radical (unpaired) electrons. The first-order valence-electron chi connectivity index (χ1n) is 10.6. The summed E-state index contributed by atoms with van der Waals surface area (Å²) in [6, 6.07) is 14.3. The molecule has 0 spiro atoms. The van der Waals surface area contributed by atoms with Gasteiger partial charge in [0.2, 0.25) is 0 Å². The first kappa shape index (κ1) is 19.5. The van der Waals surface area contributed by atoms with E-state index in [0.29, 0.717) is 25.3 Å². The van der Waals surface area contributed by atoms with Crippen molar-refractivity contribution >= 4 is 16.9 Å². The third-order valence-corrected chi connectivity index (χ3v) is 5.80. The normalized spacial score (nSPS) is 14.7. The minimum atomic E-state index is -0.118. The maximum Gasteiger partial charge on any atom is 0.270 e. The summed E-state index contributed by atoms with van der Waals surface area (Å²) in [5, 5.41) is 7.40. The predicted molar refractivity (Wildman–Crippen MR) is 118 cm³/mol. The standard InChI is InChI=1S/C24H25N5O2/c1-28-12-7-21-23(28)18(15-17-3-5-20(6-4-17)29-11-2-10-25-29)16-22(27-21)24(30)26-19-8-13-31-14-9-19/h2-7,10-12,16,19H,8-9,13-15H2,1H3,(H,26,30). The molecule has 7 heteroatoms. The molecule has 1 aromatic carbocycles. The topological polar surface area (TPSA) is 74.0 Å². The Morgan fingerprint density at radius 2 is 1.97 bits per heavy atom. The SMILES string of the molecule is Cn1ccc2nc(C(=O)NC3CCOCC3)cc(Cc3ccc(-n4cccn4)cc3)c21. The highest BCUT2D eigenvalue weighted by molar-refractivity contribution is 5.95. The van der Waals surface area contributed by atoms with Gasteiger partial charge in [0.05, 0.1) is 16.7 Å². The van der Waals surface area contributed by atoms with E-state index in [4.69, 9.17) is 4.74 Å². The molecule has 0 bridgehead atoms. The minimum Gasteiger partial charge on any atom is -0.381 e. The second-order valence-corrected chi connectivity index (χ2v) is 7.98. The molecule has 0 atom stereocenters. The number of nitrogens with zero attached hydrogens (tertiary/aromatic N) is 4. The first-order chi connectivity index (χ1) is 15.2. The second-order valence-electron chi connectivity index (χ2n) is 7.98. The van der Waals surface area contributed by atoms with Crippen LogP contribution in [-0.2, 0) is 18.2 Å². The van der Waals surface area contributed by atoms with Gasteiger partial charge < -0.3 is 14.6 Å². The van der Waals surface area contributed by atoms with Gasteiger partial charge in [-0.15, -0.1) is 0 Å². The van der Waals surface area contributed by atoms with Crippen LogP contribution < -0.4 is 5.32 Å². The average molecular weight is 415 g/mol. The number of nitrogens with one attached hydrogen (secondary N) is 1. The zero-order chi connectivity index (χ0) is 21.2. The smallest absolute Gasteiger partial charge is 0.270 e. The van der Waals surface area contributed by atoms with Crippen LogP contribution >= 0.6 is 0 Å². The molecule has 5 rings (SSSR count). The van der Waals surface area contributed by atoms with Crippen LogP contribution in [0.25, 0.3) is 16.7 Å². The quantitative estimate of drug-likeness (QED) is 0.543. The van der Waals surface area contributed by atoms with Crippen molar-refractivity contribution in [2.45, 2.75) is 25.3 Å². The fraction of sp³-hybridized carbons (Fsp3) is 0.292. The summed E-state index contributed by atoms with van der Waals surface area (Å²) in [5.41, 5.74) is 5.63. The number of hydrogen-bond acceptors (Lipinski definition) is 4. The second kappa shape index (κ2) is 8.35. The van der Waals surface area contributed by atoms with Crippen molar-refractivity contribution in [3.63, 3.8) is 0 Å². The maximum absolute atomic E-state index is 12.9. The Balaban J connectivity index is 1.43. The summed E-state index contributed by atoms with van der Waals surface area (Å²) in [6.07, 6.45) is 8.08. The van der Waals surface area contributed by atoms with Crippen LogP contribution in [-0.4, -0.2) is 44.5 Å². The van der Waals surface area contributed by atoms with Crippen LogP contribution in [0.2, 0.25) is 0 Å². The number of aromatic nitrogens is 4. The Kier molecular flexibility index (Phi) is 5.26. The van der Waals surface area contributed by atoms with E-state index in [9.17, 15) is 4.79 Å². The molecule has 158 valence electrons. The zero-order valence-electron chi connectivity index (χ0n) is 17.5. The summed E-state index contributed by atoms with van der Waals surface area (Å²) >= 11 is 0. The van der Waals surface area contributed by atoms with Gasteiger partial charge in [-0.3, -0.25) is 4.79 Å². The third-order valence-electron chi connectivity index (χ3n) is 5.80. The Labute approximate surface area is 180 Å². The summed E-state index contributed by atoms with van der Waals surface area (Å²) in [4.78, 5) is 17.5. The molecule has 3 aromatic heterocycles. The average Bonchev–Trinajstić information content (AvgIpc) is 3.45. The van der Waals surface area contributed by atoms with Gasteiger partial charge in [0, 0.05) is 44.9 Å². The number of benzene rings is 1. The molecule has 0 saturated carbocycles. The minimum absolute atomic E-state index is 0.118. The van der Waals surface area contributed by atoms with Crippen molar-refractivity contribution in [3.8, 4) is 5.69 Å². The molecule has 1 aliphatic rings. The van der Waals surface area contributed by atoms with Gasteiger partial charge in [0.15, 0.2) is 0 Å². The Morgan fingerprint density at radius 3 is 2.71 bits per heavy atom. The van der Waals surface area contributed by atoms with Crippen LogP contribution in [0, 0.1) is 0 Å². The number of carbonyl (C=O) groups excluding carboxylic acids is 1. The fourth-order valence-electron chi connectivity index (χ4n) is 4.15. The number of aryl methyl sites for hydroxylation is 1. The molecule has 0 aliphatic carbocycles. The highest BCUT2D eigenvalue weighted by Crippen LogP contribution is 2.23. The molecule has 1 aliphatic heterocycles. The van der Waals surface area contributed by atoms with Crippen LogP contribution in [0.5, 0.6) is 0 Å². The number of carbonyl (C=O) groups is 1. The lowest BCUT2D eigenvalue weighted by molar-refractivity contribution is 0.0694. The van der Waals surface area contributed by atoms with Crippen molar-refractivity contribution in [1.29, 1.82) is 0 Å². The van der Waals surface area contributed by atoms with Gasteiger partial charge in [0.25, 0.3) is 5.91 Å². The van der Waals surface area contributed by atoms with Crippen LogP contribution in [0.1, 0.15) is 34.5 Å². The van der Waals surface area contributed by atoms with Gasteiger partial charge in [-0.25, -0.2) is 9.67 Å². The van der Waals surface area contributed by atoms with Gasteiger partial charge >= 0.3 is 0 Å². The number of pyridine rings is 1. The molecule has 0 unspecified atom stereocenters. The van der Waals surface area contributed by atoms with Gasteiger partial charge in [-0.2, -0.15) is 5.10 Å². The summed E-state index contributed by atoms with van der Waals surface area (Å²) in [7, 11) is 2.01. The van der Waals surface area contributed by atoms with Crippen LogP contribution in [0.15, 0.2) is 61.1 Å². The van der Waals surface area contributed by atoms with Gasteiger partial charge in [0.1, 0.15) is 5.69 Å². The molecule has 1 N–H and O–H groups in total. The molecule has 1 saturated heterocycles. The number of rotatable bonds is 5. The molecule has 31 heavy (non-hydrogen) atoms. The molecule has 1 amide bonds. The molecular weight excluding hydrogens is 390 g/mol. The van der Waals surface area contributed by atoms with Gasteiger partial charge in [-0.05, 0) is 60.7 Å². The van der Waals surface area contributed by atoms with Crippen molar-refractivity contribution in [1.82, 2.24) is 24.6 Å². The van der Waals surface area contributed by atoms with E-state index in [-0.39, 0.29) is 11.9 Å². The largest absolute Gasteiger partial charge is 0.381 e. The highest BCUT2D eigenvalue weighted by atomic mass is 16.5. The number of amides is 1. The summed E-state index contributed by atoms with van der Waals surface area (Å²) < 4.78 is 9.29. The van der Waals surface area contributed by atoms with E-state index >= 15 is 0 Å². The van der Waals surface area contributed by atoms with Crippen LogP contribution in [0.4, 0.5) is 0 Å². The first-order valence-corrected chi connectivity index (χ1v) is 10.6. The van der Waals surface area contributed by atoms with E-state index < -0.39 is 0 Å². The lowest BCUT2D eigenvalue weighted by Gasteiger charge is -2.23. The Morgan fingerprint density at radius 1 is 1.16 bits per heavy atom. The molecular formula is C24H25N5O2. The Hall–Kier alpha value is -3.45. The zero-order valence-corrected chi connectivity index (χ0v) is 17.5. The monoisotopic (exact) mass is 415 g/mol. The highest BCUT2D eigenvalue weighted by Gasteiger charge is 2.20. The number of ether oxygens (including phenoxy) is 1. The predicted octanol–water partition coefficient (Wildman–Crippen LogP) is 3.26. The lowest BCUT2D eigenvalue weighted by atomic mass is 10.0. The van der Waals surface area contributed by atoms with E-state index in [1.54, 1.807) is 6.20 Å². The number of fused-ring (bicyclic) bond motifs is 1. The fourth-order valence-corrected chi connectivity index (χ4v) is 4.15. The van der Waals surface area contributed by atoms with Gasteiger partial charge in [-0.1, -0.05) is 12.1 Å². The van der Waals surface area contributed by atoms with Crippen molar-refractivity contribution in [2.24, 2.45) is 7.05 Å². The van der Waals surface area contributed by atoms with E-state index in [2.05, 4.69) is 44.2 Å². The van der Waals surface area contributed by atoms with E-state index in [1.165, 1.54) is 5.56 Å². The molecule has 1 fully saturated rings. The summed E-state index contributed by atoms with van der Waals surface area (Å²) in [6.45, 7) is 1.38.